The number of nitrogens with one attached hydrogen (secondary N) is 2. The molecular weight excluding hydrogens is 434 g/mol. The summed E-state index contributed by atoms with van der Waals surface area (Å²) in [4.78, 5) is 17.8. The minimum Gasteiger partial charge on any atom is -0.508 e. The van der Waals surface area contributed by atoms with Crippen molar-refractivity contribution in [3.8, 4) is 11.5 Å². The lowest BCUT2D eigenvalue weighted by molar-refractivity contribution is -0.142. The minimum absolute atomic E-state index is 0.0301. The smallest absolute Gasteiger partial charge is 0.263 e. The number of nitrogens with zero attached hydrogens (tertiary/aromatic N) is 1. The van der Waals surface area contributed by atoms with Gasteiger partial charge in [-0.15, -0.1) is 0 Å². The number of aromatic amines is 1. The second kappa shape index (κ2) is 10.9. The maximum atomic E-state index is 12.7. The van der Waals surface area contributed by atoms with E-state index in [0.29, 0.717) is 38.6 Å². The van der Waals surface area contributed by atoms with Crippen molar-refractivity contribution in [3.63, 3.8) is 0 Å². The molecule has 2 aromatic carbocycles. The van der Waals surface area contributed by atoms with Crippen LogP contribution in [-0.4, -0.2) is 71.0 Å². The van der Waals surface area contributed by atoms with Crippen molar-refractivity contribution in [2.45, 2.75) is 38.5 Å². The molecule has 0 radical (unpaired) electrons. The summed E-state index contributed by atoms with van der Waals surface area (Å²) >= 11 is 0. The number of hydrogen-bond acceptors (Lipinski definition) is 6. The molecule has 1 aromatic heterocycles. The third kappa shape index (κ3) is 5.52. The van der Waals surface area contributed by atoms with Gasteiger partial charge in [-0.05, 0) is 56.1 Å². The number of benzene rings is 2. The van der Waals surface area contributed by atoms with Gasteiger partial charge in [0.2, 0.25) is 0 Å². The number of aromatic nitrogens is 1. The van der Waals surface area contributed by atoms with Crippen LogP contribution >= 0.6 is 0 Å². The molecule has 0 bridgehead atoms. The Balaban J connectivity index is 1.35. The fourth-order valence-corrected chi connectivity index (χ4v) is 4.28. The normalized spacial score (nSPS) is 16.9. The molecule has 3 atom stereocenters. The maximum absolute atomic E-state index is 12.7. The highest BCUT2D eigenvalue weighted by atomic mass is 16.5. The van der Waals surface area contributed by atoms with Crippen molar-refractivity contribution >= 4 is 16.8 Å². The number of amides is 1. The molecule has 182 valence electrons. The van der Waals surface area contributed by atoms with Crippen molar-refractivity contribution in [2.75, 3.05) is 32.8 Å². The van der Waals surface area contributed by atoms with Crippen molar-refractivity contribution in [1.82, 2.24) is 15.2 Å². The average molecular weight is 468 g/mol. The Bertz CT molecular complexity index is 1090. The van der Waals surface area contributed by atoms with Crippen molar-refractivity contribution in [3.05, 3.63) is 59.8 Å². The second-order valence-corrected chi connectivity index (χ2v) is 8.72. The van der Waals surface area contributed by atoms with E-state index in [1.54, 1.807) is 36.1 Å². The third-order valence-corrected chi connectivity index (χ3v) is 6.31. The van der Waals surface area contributed by atoms with Crippen LogP contribution in [-0.2, 0) is 16.0 Å². The first-order valence-electron chi connectivity index (χ1n) is 11.8. The molecule has 0 spiro atoms. The number of rotatable bonds is 9. The Morgan fingerprint density at radius 2 is 1.91 bits per heavy atom. The lowest BCUT2D eigenvalue weighted by Crippen LogP contribution is -2.46. The number of carbonyl (C=O) groups is 1. The van der Waals surface area contributed by atoms with Gasteiger partial charge in [0.25, 0.3) is 5.91 Å². The van der Waals surface area contributed by atoms with Gasteiger partial charge in [-0.25, -0.2) is 0 Å². The number of aliphatic hydroxyl groups excluding tert-OH is 1. The molecule has 2 unspecified atom stereocenters. The van der Waals surface area contributed by atoms with Crippen LogP contribution in [0.3, 0.4) is 0 Å². The summed E-state index contributed by atoms with van der Waals surface area (Å²) in [7, 11) is 0. The molecule has 0 saturated carbocycles. The van der Waals surface area contributed by atoms with Crippen LogP contribution in [0, 0.1) is 0 Å². The molecule has 1 saturated heterocycles. The van der Waals surface area contributed by atoms with Crippen molar-refractivity contribution in [2.24, 2.45) is 0 Å². The first-order chi connectivity index (χ1) is 16.4. The van der Waals surface area contributed by atoms with Gasteiger partial charge in [0, 0.05) is 30.7 Å². The van der Waals surface area contributed by atoms with Crippen LogP contribution in [0.4, 0.5) is 0 Å². The number of aliphatic hydroxyl groups is 1. The predicted octanol–water partition coefficient (Wildman–Crippen LogP) is 2.75. The van der Waals surface area contributed by atoms with Crippen LogP contribution in [0.1, 0.15) is 31.1 Å². The number of aromatic hydroxyl groups is 1. The largest absolute Gasteiger partial charge is 0.508 e. The van der Waals surface area contributed by atoms with Crippen LogP contribution in [0.5, 0.6) is 11.5 Å². The Kier molecular flexibility index (Phi) is 7.72. The molecule has 8 nitrogen and oxygen atoms in total. The van der Waals surface area contributed by atoms with Crippen molar-refractivity contribution in [1.29, 1.82) is 0 Å². The topological polar surface area (TPSA) is 107 Å². The zero-order valence-corrected chi connectivity index (χ0v) is 19.7. The molecule has 3 aromatic rings. The van der Waals surface area contributed by atoms with E-state index in [0.717, 1.165) is 28.5 Å². The number of morpholine rings is 1. The fourth-order valence-electron chi connectivity index (χ4n) is 4.28. The number of fused-ring (bicyclic) bond motifs is 1. The van der Waals surface area contributed by atoms with Gasteiger partial charge in [0.15, 0.2) is 6.10 Å². The summed E-state index contributed by atoms with van der Waals surface area (Å²) < 4.78 is 11.4. The number of phenolic OH excluding ortho intramolecular Hbond substituents is 1. The molecule has 1 fully saturated rings. The molecule has 34 heavy (non-hydrogen) atoms. The number of ether oxygens (including phenoxy) is 2. The predicted molar refractivity (Wildman–Crippen MR) is 130 cm³/mol. The highest BCUT2D eigenvalue weighted by molar-refractivity contribution is 5.89. The van der Waals surface area contributed by atoms with E-state index in [-0.39, 0.29) is 17.7 Å². The van der Waals surface area contributed by atoms with Crippen LogP contribution in [0.25, 0.3) is 10.9 Å². The Labute approximate surface area is 199 Å². The van der Waals surface area contributed by atoms with E-state index in [1.165, 1.54) is 0 Å². The van der Waals surface area contributed by atoms with Gasteiger partial charge in [-0.3, -0.25) is 4.79 Å². The van der Waals surface area contributed by atoms with E-state index < -0.39 is 12.2 Å². The highest BCUT2D eigenvalue weighted by Gasteiger charge is 2.24. The van der Waals surface area contributed by atoms with E-state index in [2.05, 4.69) is 10.3 Å². The highest BCUT2D eigenvalue weighted by Crippen LogP contribution is 2.28. The summed E-state index contributed by atoms with van der Waals surface area (Å²) in [6.45, 7) is 6.71. The molecule has 1 amide bonds. The van der Waals surface area contributed by atoms with Crippen molar-refractivity contribution < 1.29 is 24.5 Å². The van der Waals surface area contributed by atoms with Gasteiger partial charge >= 0.3 is 0 Å². The second-order valence-electron chi connectivity index (χ2n) is 8.72. The number of hydrogen-bond donors (Lipinski definition) is 4. The number of H-pyrrole nitrogens is 1. The number of carbonyl (C=O) groups excluding carboxylic acids is 1. The van der Waals surface area contributed by atoms with Crippen LogP contribution < -0.4 is 10.1 Å². The van der Waals surface area contributed by atoms with E-state index in [4.69, 9.17) is 9.47 Å². The molecule has 4 rings (SSSR count). The number of phenols is 1. The maximum Gasteiger partial charge on any atom is 0.263 e. The molecule has 4 N–H and O–H groups in total. The summed E-state index contributed by atoms with van der Waals surface area (Å²) in [6.07, 6.45) is 1.47. The van der Waals surface area contributed by atoms with E-state index in [1.807, 2.05) is 31.3 Å². The molecule has 0 aliphatic carbocycles. The van der Waals surface area contributed by atoms with E-state index >= 15 is 0 Å². The molecular formula is C26H33N3O5. The summed E-state index contributed by atoms with van der Waals surface area (Å²) in [5.41, 5.74) is 2.76. The quantitative estimate of drug-likeness (QED) is 0.386. The summed E-state index contributed by atoms with van der Waals surface area (Å²) in [5.74, 6) is 0.804. The molecule has 2 heterocycles. The lowest BCUT2D eigenvalue weighted by Gasteiger charge is -2.29. The Morgan fingerprint density at radius 3 is 2.65 bits per heavy atom. The van der Waals surface area contributed by atoms with Gasteiger partial charge in [0.05, 0.1) is 24.8 Å². The summed E-state index contributed by atoms with van der Waals surface area (Å²) in [6, 6.07) is 12.3. The molecule has 1 aliphatic heterocycles. The molecule has 8 heteroatoms. The Morgan fingerprint density at radius 1 is 1.18 bits per heavy atom. The SMILES string of the molecule is CC(NCCc1c[nH]c2c(O[C@@H](C)C(=O)N3CCOCC3)cccc12)C(O)c1ccc(O)cc1. The first-order valence-corrected chi connectivity index (χ1v) is 11.8. The number of para-hydroxylation sites is 1. The standard InChI is InChI=1S/C26H33N3O5/c1-17(25(31)19-6-8-21(30)9-7-19)27-11-10-20-16-28-24-22(20)4-3-5-23(24)34-18(2)26(32)29-12-14-33-15-13-29/h3-9,16-18,25,27-28,30-31H,10-15H2,1-2H3/t17?,18-,25?/m0/s1. The zero-order chi connectivity index (χ0) is 24.1. The average Bonchev–Trinajstić information content (AvgIpc) is 3.28. The van der Waals surface area contributed by atoms with Gasteiger partial charge in [-0.1, -0.05) is 24.3 Å². The van der Waals surface area contributed by atoms with Gasteiger partial charge in [-0.2, -0.15) is 0 Å². The summed E-state index contributed by atoms with van der Waals surface area (Å²) in [5, 5.41) is 24.4. The van der Waals surface area contributed by atoms with Gasteiger partial charge < -0.3 is 34.9 Å². The van der Waals surface area contributed by atoms with E-state index in [9.17, 15) is 15.0 Å². The Hall–Kier alpha value is -3.07. The monoisotopic (exact) mass is 467 g/mol. The van der Waals surface area contributed by atoms with Gasteiger partial charge in [0.1, 0.15) is 11.5 Å². The van der Waals surface area contributed by atoms with Crippen LogP contribution in [0.2, 0.25) is 0 Å². The minimum atomic E-state index is -0.672. The fraction of sp³-hybridized carbons (Fsp3) is 0.423. The first kappa shape index (κ1) is 24.1. The lowest BCUT2D eigenvalue weighted by atomic mass is 10.0. The zero-order valence-electron chi connectivity index (χ0n) is 19.7. The third-order valence-electron chi connectivity index (χ3n) is 6.31. The molecule has 1 aliphatic rings. The van der Waals surface area contributed by atoms with Crippen LogP contribution in [0.15, 0.2) is 48.7 Å².